The Morgan fingerprint density at radius 2 is 2.08 bits per heavy atom. The number of H-pyrrole nitrogens is 1. The Hall–Kier alpha value is -2.92. The molecule has 0 radical (unpaired) electrons. The first-order valence-corrected chi connectivity index (χ1v) is 8.06. The molecule has 0 saturated carbocycles. The lowest BCUT2D eigenvalue weighted by Gasteiger charge is -2.16. The number of hydrogen-bond donors (Lipinski definition) is 2. The van der Waals surface area contributed by atoms with E-state index in [9.17, 15) is 0 Å². The van der Waals surface area contributed by atoms with Gasteiger partial charge < -0.3 is 10.3 Å². The van der Waals surface area contributed by atoms with Crippen LogP contribution in [0, 0.1) is 0 Å². The molecule has 0 aliphatic carbocycles. The fraction of sp³-hybridized carbons (Fsp3) is 0.158. The molecule has 24 heavy (non-hydrogen) atoms. The minimum Gasteiger partial charge on any atom is -0.361 e. The minimum absolute atomic E-state index is 0.239. The second-order valence-corrected chi connectivity index (χ2v) is 5.90. The van der Waals surface area contributed by atoms with E-state index in [1.807, 2.05) is 18.5 Å². The molecule has 2 aromatic heterocycles. The molecule has 0 aliphatic rings. The van der Waals surface area contributed by atoms with Gasteiger partial charge in [-0.05, 0) is 42.3 Å². The minimum atomic E-state index is 0.239. The van der Waals surface area contributed by atoms with E-state index in [0.717, 1.165) is 12.2 Å². The fourth-order valence-electron chi connectivity index (χ4n) is 2.97. The van der Waals surface area contributed by atoms with Gasteiger partial charge in [-0.25, -0.2) is 4.68 Å². The summed E-state index contributed by atoms with van der Waals surface area (Å²) in [6, 6.07) is 17.1. The highest BCUT2D eigenvalue weighted by Crippen LogP contribution is 2.20. The Morgan fingerprint density at radius 1 is 1.17 bits per heavy atom. The van der Waals surface area contributed by atoms with Crippen molar-refractivity contribution in [2.75, 3.05) is 0 Å². The van der Waals surface area contributed by atoms with Crippen molar-refractivity contribution in [2.24, 2.45) is 0 Å². The highest BCUT2D eigenvalue weighted by atomic mass is 15.4. The van der Waals surface area contributed by atoms with Gasteiger partial charge in [0.15, 0.2) is 0 Å². The standard InChI is InChI=1S/C19H19N5/c1-14(15-4-2-6-17(12-15)24-11-10-22-23-24)21-13-16-5-3-7-19-18(16)8-9-20-19/h2-12,14,20-21H,13H2,1H3. The van der Waals surface area contributed by atoms with Crippen molar-refractivity contribution in [1.29, 1.82) is 0 Å². The Balaban J connectivity index is 1.51. The molecule has 2 heterocycles. The quantitative estimate of drug-likeness (QED) is 0.591. The van der Waals surface area contributed by atoms with E-state index in [0.29, 0.717) is 0 Å². The van der Waals surface area contributed by atoms with E-state index in [1.54, 1.807) is 10.9 Å². The van der Waals surface area contributed by atoms with Gasteiger partial charge in [-0.1, -0.05) is 29.5 Å². The summed E-state index contributed by atoms with van der Waals surface area (Å²) in [5.41, 5.74) is 4.72. The van der Waals surface area contributed by atoms with Crippen LogP contribution in [0.2, 0.25) is 0 Å². The van der Waals surface area contributed by atoms with Crippen molar-refractivity contribution in [3.8, 4) is 5.69 Å². The number of aromatic nitrogens is 4. The van der Waals surface area contributed by atoms with Crippen molar-refractivity contribution in [2.45, 2.75) is 19.5 Å². The van der Waals surface area contributed by atoms with Crippen LogP contribution in [-0.4, -0.2) is 20.0 Å². The van der Waals surface area contributed by atoms with Crippen molar-refractivity contribution >= 4 is 10.9 Å². The molecule has 4 aromatic rings. The third kappa shape index (κ3) is 2.81. The van der Waals surface area contributed by atoms with Gasteiger partial charge in [0.05, 0.1) is 18.1 Å². The zero-order chi connectivity index (χ0) is 16.4. The van der Waals surface area contributed by atoms with Gasteiger partial charge in [-0.2, -0.15) is 0 Å². The van der Waals surface area contributed by atoms with Crippen LogP contribution in [0.15, 0.2) is 67.1 Å². The predicted molar refractivity (Wildman–Crippen MR) is 94.9 cm³/mol. The summed E-state index contributed by atoms with van der Waals surface area (Å²) in [6.45, 7) is 3.00. The van der Waals surface area contributed by atoms with Crippen LogP contribution >= 0.6 is 0 Å². The van der Waals surface area contributed by atoms with Gasteiger partial charge in [0.25, 0.3) is 0 Å². The molecule has 0 spiro atoms. The monoisotopic (exact) mass is 317 g/mol. The van der Waals surface area contributed by atoms with Crippen molar-refractivity contribution < 1.29 is 0 Å². The average Bonchev–Trinajstić information content (AvgIpc) is 3.31. The molecule has 5 nitrogen and oxygen atoms in total. The number of benzene rings is 2. The van der Waals surface area contributed by atoms with Gasteiger partial charge in [-0.15, -0.1) is 5.10 Å². The average molecular weight is 317 g/mol. The maximum atomic E-state index is 4.05. The maximum absolute atomic E-state index is 4.05. The Labute approximate surface area is 140 Å². The molecule has 1 atom stereocenters. The summed E-state index contributed by atoms with van der Waals surface area (Å²) in [5.74, 6) is 0. The van der Waals surface area contributed by atoms with Gasteiger partial charge in [0.1, 0.15) is 0 Å². The zero-order valence-electron chi connectivity index (χ0n) is 13.5. The highest BCUT2D eigenvalue weighted by Gasteiger charge is 2.08. The lowest BCUT2D eigenvalue weighted by molar-refractivity contribution is 0.576. The fourth-order valence-corrected chi connectivity index (χ4v) is 2.97. The second kappa shape index (κ2) is 6.29. The summed E-state index contributed by atoms with van der Waals surface area (Å²) in [7, 11) is 0. The molecule has 0 saturated heterocycles. The first-order valence-electron chi connectivity index (χ1n) is 8.06. The molecular formula is C19H19N5. The zero-order valence-corrected chi connectivity index (χ0v) is 13.5. The van der Waals surface area contributed by atoms with Crippen molar-refractivity contribution in [3.05, 3.63) is 78.2 Å². The van der Waals surface area contributed by atoms with Crippen molar-refractivity contribution in [1.82, 2.24) is 25.3 Å². The molecule has 0 bridgehead atoms. The topological polar surface area (TPSA) is 58.5 Å². The first-order chi connectivity index (χ1) is 11.8. The lowest BCUT2D eigenvalue weighted by atomic mass is 10.1. The molecule has 120 valence electrons. The molecule has 2 N–H and O–H groups in total. The summed E-state index contributed by atoms with van der Waals surface area (Å²) in [5, 5.41) is 12.8. The van der Waals surface area contributed by atoms with Crippen LogP contribution in [0.4, 0.5) is 0 Å². The maximum Gasteiger partial charge on any atom is 0.0697 e. The lowest BCUT2D eigenvalue weighted by Crippen LogP contribution is -2.18. The smallest absolute Gasteiger partial charge is 0.0697 e. The highest BCUT2D eigenvalue weighted by molar-refractivity contribution is 5.82. The Kier molecular flexibility index (Phi) is 3.84. The molecule has 5 heteroatoms. The van der Waals surface area contributed by atoms with Crippen LogP contribution in [0.5, 0.6) is 0 Å². The first kappa shape index (κ1) is 14.7. The molecule has 4 rings (SSSR count). The number of aromatic amines is 1. The number of hydrogen-bond acceptors (Lipinski definition) is 3. The third-order valence-electron chi connectivity index (χ3n) is 4.34. The predicted octanol–water partition coefficient (Wildman–Crippen LogP) is 3.60. The normalized spacial score (nSPS) is 12.5. The van der Waals surface area contributed by atoms with Gasteiger partial charge in [0.2, 0.25) is 0 Å². The van der Waals surface area contributed by atoms with E-state index in [2.05, 4.69) is 70.0 Å². The van der Waals surface area contributed by atoms with Crippen molar-refractivity contribution in [3.63, 3.8) is 0 Å². The molecule has 0 fully saturated rings. The summed E-state index contributed by atoms with van der Waals surface area (Å²) in [4.78, 5) is 3.26. The van der Waals surface area contributed by atoms with E-state index >= 15 is 0 Å². The number of fused-ring (bicyclic) bond motifs is 1. The number of nitrogens with zero attached hydrogens (tertiary/aromatic N) is 3. The van der Waals surface area contributed by atoms with Gasteiger partial charge in [0, 0.05) is 29.7 Å². The molecule has 2 aromatic carbocycles. The largest absolute Gasteiger partial charge is 0.361 e. The van der Waals surface area contributed by atoms with E-state index in [4.69, 9.17) is 0 Å². The molecular weight excluding hydrogens is 298 g/mol. The van der Waals surface area contributed by atoms with Crippen LogP contribution in [0.25, 0.3) is 16.6 Å². The molecule has 0 aliphatic heterocycles. The third-order valence-corrected chi connectivity index (χ3v) is 4.34. The van der Waals surface area contributed by atoms with Crippen LogP contribution < -0.4 is 5.32 Å². The summed E-state index contributed by atoms with van der Waals surface area (Å²) < 4.78 is 1.77. The summed E-state index contributed by atoms with van der Waals surface area (Å²) in [6.07, 6.45) is 5.52. The number of nitrogens with one attached hydrogen (secondary N) is 2. The molecule has 1 unspecified atom stereocenters. The van der Waals surface area contributed by atoms with E-state index in [-0.39, 0.29) is 6.04 Å². The Bertz CT molecular complexity index is 939. The van der Waals surface area contributed by atoms with E-state index < -0.39 is 0 Å². The molecule has 0 amide bonds. The van der Waals surface area contributed by atoms with Gasteiger partial charge in [-0.3, -0.25) is 0 Å². The summed E-state index contributed by atoms with van der Waals surface area (Å²) >= 11 is 0. The second-order valence-electron chi connectivity index (χ2n) is 5.90. The number of rotatable bonds is 5. The van der Waals surface area contributed by atoms with Crippen LogP contribution in [0.1, 0.15) is 24.1 Å². The van der Waals surface area contributed by atoms with Crippen LogP contribution in [-0.2, 0) is 6.54 Å². The SMILES string of the molecule is CC(NCc1cccc2[nH]ccc12)c1cccc(-n2ccnn2)c1. The van der Waals surface area contributed by atoms with Crippen LogP contribution in [0.3, 0.4) is 0 Å². The van der Waals surface area contributed by atoms with E-state index in [1.165, 1.54) is 22.0 Å². The Morgan fingerprint density at radius 3 is 2.96 bits per heavy atom. The van der Waals surface area contributed by atoms with Gasteiger partial charge >= 0.3 is 0 Å².